The van der Waals surface area contributed by atoms with E-state index in [0.29, 0.717) is 5.75 Å². The molecule has 0 aromatic heterocycles. The molecule has 0 heterocycles. The van der Waals surface area contributed by atoms with Crippen LogP contribution >= 0.6 is 11.6 Å². The standard InChI is InChI=1S/C17H19ClO3/c1-11(12-5-7-13(18)8-6-12)17-15(20-3)9-14(19-2)10-16(17)21-4/h5-11H,1-4H3. The Balaban J connectivity index is 2.52. The van der Waals surface area contributed by atoms with Gasteiger partial charge < -0.3 is 14.2 Å². The molecule has 0 aliphatic heterocycles. The van der Waals surface area contributed by atoms with E-state index in [-0.39, 0.29) is 5.92 Å². The third-order valence-electron chi connectivity index (χ3n) is 3.56. The van der Waals surface area contributed by atoms with Crippen molar-refractivity contribution in [3.8, 4) is 17.2 Å². The molecule has 2 rings (SSSR count). The maximum atomic E-state index is 5.95. The Hall–Kier alpha value is -1.87. The second-order valence-corrected chi connectivity index (χ2v) is 5.16. The van der Waals surface area contributed by atoms with Gasteiger partial charge in [0.05, 0.1) is 21.3 Å². The van der Waals surface area contributed by atoms with Crippen molar-refractivity contribution >= 4 is 11.6 Å². The first kappa shape index (κ1) is 15.5. The van der Waals surface area contributed by atoms with Crippen LogP contribution in [0.5, 0.6) is 17.2 Å². The van der Waals surface area contributed by atoms with Crippen molar-refractivity contribution in [3.05, 3.63) is 52.5 Å². The summed E-state index contributed by atoms with van der Waals surface area (Å²) in [6, 6.07) is 11.5. The molecule has 2 aromatic rings. The van der Waals surface area contributed by atoms with Crippen LogP contribution in [-0.4, -0.2) is 21.3 Å². The summed E-state index contributed by atoms with van der Waals surface area (Å²) in [7, 11) is 4.91. The van der Waals surface area contributed by atoms with E-state index < -0.39 is 0 Å². The van der Waals surface area contributed by atoms with Gasteiger partial charge in [-0.2, -0.15) is 0 Å². The van der Waals surface area contributed by atoms with Crippen molar-refractivity contribution in [3.63, 3.8) is 0 Å². The molecule has 0 fully saturated rings. The number of halogens is 1. The van der Waals surface area contributed by atoms with Gasteiger partial charge in [0, 0.05) is 28.6 Å². The Kier molecular flexibility index (Phi) is 4.97. The van der Waals surface area contributed by atoms with E-state index in [1.165, 1.54) is 0 Å². The lowest BCUT2D eigenvalue weighted by Crippen LogP contribution is -2.03. The molecule has 2 aromatic carbocycles. The highest BCUT2D eigenvalue weighted by Gasteiger charge is 2.20. The van der Waals surface area contributed by atoms with E-state index in [1.54, 1.807) is 21.3 Å². The van der Waals surface area contributed by atoms with Gasteiger partial charge in [0.2, 0.25) is 0 Å². The van der Waals surface area contributed by atoms with Crippen LogP contribution in [0.2, 0.25) is 5.02 Å². The zero-order valence-electron chi connectivity index (χ0n) is 12.6. The van der Waals surface area contributed by atoms with E-state index in [4.69, 9.17) is 25.8 Å². The second-order valence-electron chi connectivity index (χ2n) is 4.72. The number of hydrogen-bond donors (Lipinski definition) is 0. The minimum Gasteiger partial charge on any atom is -0.496 e. The molecule has 0 saturated heterocycles. The minimum absolute atomic E-state index is 0.109. The van der Waals surface area contributed by atoms with Crippen LogP contribution < -0.4 is 14.2 Å². The average molecular weight is 307 g/mol. The molecule has 0 spiro atoms. The predicted octanol–water partition coefficient (Wildman–Crippen LogP) is 4.52. The van der Waals surface area contributed by atoms with Crippen LogP contribution in [0.15, 0.2) is 36.4 Å². The van der Waals surface area contributed by atoms with Gasteiger partial charge in [-0.3, -0.25) is 0 Å². The molecule has 0 N–H and O–H groups in total. The zero-order valence-corrected chi connectivity index (χ0v) is 13.4. The first-order valence-corrected chi connectivity index (χ1v) is 7.03. The molecule has 1 atom stereocenters. The Morgan fingerprint density at radius 2 is 1.38 bits per heavy atom. The van der Waals surface area contributed by atoms with Crippen molar-refractivity contribution in [2.24, 2.45) is 0 Å². The lowest BCUT2D eigenvalue weighted by molar-refractivity contribution is 0.367. The molecule has 21 heavy (non-hydrogen) atoms. The van der Waals surface area contributed by atoms with Crippen LogP contribution in [0.3, 0.4) is 0 Å². The van der Waals surface area contributed by atoms with Gasteiger partial charge in [-0.05, 0) is 17.7 Å². The minimum atomic E-state index is 0.109. The van der Waals surface area contributed by atoms with Crippen molar-refractivity contribution < 1.29 is 14.2 Å². The monoisotopic (exact) mass is 306 g/mol. The topological polar surface area (TPSA) is 27.7 Å². The lowest BCUT2D eigenvalue weighted by Gasteiger charge is -2.20. The summed E-state index contributed by atoms with van der Waals surface area (Å²) in [4.78, 5) is 0. The van der Waals surface area contributed by atoms with E-state index in [9.17, 15) is 0 Å². The fourth-order valence-corrected chi connectivity index (χ4v) is 2.50. The molecule has 0 bridgehead atoms. The largest absolute Gasteiger partial charge is 0.496 e. The molecule has 0 radical (unpaired) electrons. The molecule has 0 saturated carbocycles. The molecular weight excluding hydrogens is 288 g/mol. The molecular formula is C17H19ClO3. The van der Waals surface area contributed by atoms with Crippen molar-refractivity contribution in [1.82, 2.24) is 0 Å². The molecule has 0 aliphatic carbocycles. The van der Waals surface area contributed by atoms with Gasteiger partial charge in [0.15, 0.2) is 0 Å². The highest BCUT2D eigenvalue weighted by Crippen LogP contribution is 2.41. The molecule has 3 nitrogen and oxygen atoms in total. The molecule has 1 unspecified atom stereocenters. The van der Waals surface area contributed by atoms with Gasteiger partial charge in [0.25, 0.3) is 0 Å². The third-order valence-corrected chi connectivity index (χ3v) is 3.81. The van der Waals surface area contributed by atoms with E-state index in [2.05, 4.69) is 6.92 Å². The van der Waals surface area contributed by atoms with Gasteiger partial charge in [0.1, 0.15) is 17.2 Å². The normalized spacial score (nSPS) is 11.9. The number of benzene rings is 2. The summed E-state index contributed by atoms with van der Waals surface area (Å²) >= 11 is 5.95. The van der Waals surface area contributed by atoms with E-state index in [0.717, 1.165) is 27.6 Å². The summed E-state index contributed by atoms with van der Waals surface area (Å²) in [6.45, 7) is 2.11. The van der Waals surface area contributed by atoms with Crippen molar-refractivity contribution in [2.45, 2.75) is 12.8 Å². The Morgan fingerprint density at radius 3 is 1.81 bits per heavy atom. The number of rotatable bonds is 5. The summed E-state index contributed by atoms with van der Waals surface area (Å²) in [5.41, 5.74) is 2.13. The van der Waals surface area contributed by atoms with Crippen LogP contribution in [0.1, 0.15) is 24.0 Å². The molecule has 0 aliphatic rings. The smallest absolute Gasteiger partial charge is 0.130 e. The van der Waals surface area contributed by atoms with Gasteiger partial charge in [-0.15, -0.1) is 0 Å². The molecule has 112 valence electrons. The zero-order chi connectivity index (χ0) is 15.4. The summed E-state index contributed by atoms with van der Waals surface area (Å²) in [5, 5.41) is 0.722. The number of hydrogen-bond acceptors (Lipinski definition) is 3. The summed E-state index contributed by atoms with van der Waals surface area (Å²) in [5.74, 6) is 2.30. The first-order chi connectivity index (χ1) is 10.1. The maximum Gasteiger partial charge on any atom is 0.130 e. The van der Waals surface area contributed by atoms with Gasteiger partial charge in [-0.1, -0.05) is 30.7 Å². The maximum absolute atomic E-state index is 5.95. The fraction of sp³-hybridized carbons (Fsp3) is 0.294. The molecule has 0 amide bonds. The van der Waals surface area contributed by atoms with Crippen molar-refractivity contribution in [2.75, 3.05) is 21.3 Å². The van der Waals surface area contributed by atoms with Gasteiger partial charge >= 0.3 is 0 Å². The van der Waals surface area contributed by atoms with Gasteiger partial charge in [-0.25, -0.2) is 0 Å². The first-order valence-electron chi connectivity index (χ1n) is 6.66. The summed E-state index contributed by atoms with van der Waals surface area (Å²) in [6.07, 6.45) is 0. The van der Waals surface area contributed by atoms with Crippen LogP contribution in [0.4, 0.5) is 0 Å². The Bertz CT molecular complexity index is 583. The number of ether oxygens (including phenoxy) is 3. The van der Waals surface area contributed by atoms with E-state index >= 15 is 0 Å². The average Bonchev–Trinajstić information content (AvgIpc) is 2.53. The number of methoxy groups -OCH3 is 3. The SMILES string of the molecule is COc1cc(OC)c(C(C)c2ccc(Cl)cc2)c(OC)c1. The fourth-order valence-electron chi connectivity index (χ4n) is 2.38. The van der Waals surface area contributed by atoms with E-state index in [1.807, 2.05) is 36.4 Å². The van der Waals surface area contributed by atoms with Crippen molar-refractivity contribution in [1.29, 1.82) is 0 Å². The summed E-state index contributed by atoms with van der Waals surface area (Å²) < 4.78 is 16.3. The van der Waals surface area contributed by atoms with Crippen LogP contribution in [0.25, 0.3) is 0 Å². The second kappa shape index (κ2) is 6.72. The third kappa shape index (κ3) is 3.24. The molecule has 4 heteroatoms. The highest BCUT2D eigenvalue weighted by atomic mass is 35.5. The lowest BCUT2D eigenvalue weighted by atomic mass is 9.91. The van der Waals surface area contributed by atoms with Crippen LogP contribution in [0, 0.1) is 0 Å². The predicted molar refractivity (Wildman–Crippen MR) is 85.1 cm³/mol. The quantitative estimate of drug-likeness (QED) is 0.813. The Labute approximate surface area is 130 Å². The highest BCUT2D eigenvalue weighted by molar-refractivity contribution is 6.30. The van der Waals surface area contributed by atoms with Crippen LogP contribution in [-0.2, 0) is 0 Å². The Morgan fingerprint density at radius 1 is 0.857 bits per heavy atom.